The standard InChI is InChI=1S/C16H22N2O2/c1-11-9-12-6-7-18(15(12)10-14(11)17)16(19)5-4-13-3-2-8-20-13/h9-10,13H,2-8,17H2,1H3. The molecule has 1 unspecified atom stereocenters. The number of benzene rings is 1. The first-order valence-corrected chi connectivity index (χ1v) is 7.46. The molecule has 0 aliphatic carbocycles. The summed E-state index contributed by atoms with van der Waals surface area (Å²) >= 11 is 0. The lowest BCUT2D eigenvalue weighted by Gasteiger charge is -2.19. The lowest BCUT2D eigenvalue weighted by atomic mass is 10.1. The number of carbonyl (C=O) groups is 1. The molecule has 0 radical (unpaired) electrons. The Labute approximate surface area is 119 Å². The van der Waals surface area contributed by atoms with E-state index < -0.39 is 0 Å². The van der Waals surface area contributed by atoms with Crippen molar-refractivity contribution in [2.24, 2.45) is 0 Å². The van der Waals surface area contributed by atoms with E-state index >= 15 is 0 Å². The van der Waals surface area contributed by atoms with Gasteiger partial charge in [0.15, 0.2) is 0 Å². The van der Waals surface area contributed by atoms with Gasteiger partial charge >= 0.3 is 0 Å². The SMILES string of the molecule is Cc1cc2c(cc1N)N(C(=O)CCC1CCCO1)CC2. The molecule has 1 aromatic carbocycles. The monoisotopic (exact) mass is 274 g/mol. The molecule has 2 aliphatic heterocycles. The summed E-state index contributed by atoms with van der Waals surface area (Å²) in [6.45, 7) is 3.64. The zero-order valence-electron chi connectivity index (χ0n) is 12.0. The number of anilines is 2. The minimum atomic E-state index is 0.197. The Balaban J connectivity index is 1.67. The van der Waals surface area contributed by atoms with Gasteiger partial charge in [0.2, 0.25) is 5.91 Å². The largest absolute Gasteiger partial charge is 0.398 e. The summed E-state index contributed by atoms with van der Waals surface area (Å²) in [4.78, 5) is 14.3. The van der Waals surface area contributed by atoms with Gasteiger partial charge in [0.05, 0.1) is 6.10 Å². The average Bonchev–Trinajstić information content (AvgIpc) is 3.06. The zero-order chi connectivity index (χ0) is 14.1. The van der Waals surface area contributed by atoms with Crippen LogP contribution in [0.5, 0.6) is 0 Å². The Hall–Kier alpha value is -1.55. The smallest absolute Gasteiger partial charge is 0.227 e. The van der Waals surface area contributed by atoms with Crippen molar-refractivity contribution in [1.29, 1.82) is 0 Å². The summed E-state index contributed by atoms with van der Waals surface area (Å²) < 4.78 is 5.58. The molecule has 1 atom stereocenters. The number of amides is 1. The first-order chi connectivity index (χ1) is 9.65. The fraction of sp³-hybridized carbons (Fsp3) is 0.562. The van der Waals surface area contributed by atoms with Crippen molar-refractivity contribution in [3.05, 3.63) is 23.3 Å². The number of nitrogen functional groups attached to an aromatic ring is 1. The fourth-order valence-electron chi connectivity index (χ4n) is 3.13. The molecular weight excluding hydrogens is 252 g/mol. The highest BCUT2D eigenvalue weighted by Crippen LogP contribution is 2.32. The minimum Gasteiger partial charge on any atom is -0.398 e. The van der Waals surface area contributed by atoms with Gasteiger partial charge in [-0.15, -0.1) is 0 Å². The second kappa shape index (κ2) is 5.44. The number of nitrogens with two attached hydrogens (primary N) is 1. The average molecular weight is 274 g/mol. The molecule has 2 N–H and O–H groups in total. The number of nitrogens with zero attached hydrogens (tertiary/aromatic N) is 1. The summed E-state index contributed by atoms with van der Waals surface area (Å²) in [5.41, 5.74) is 10.1. The van der Waals surface area contributed by atoms with Crippen molar-refractivity contribution < 1.29 is 9.53 Å². The third-order valence-corrected chi connectivity index (χ3v) is 4.37. The number of carbonyl (C=O) groups excluding carboxylic acids is 1. The van der Waals surface area contributed by atoms with Gasteiger partial charge in [0.25, 0.3) is 0 Å². The molecule has 0 aromatic heterocycles. The van der Waals surface area contributed by atoms with Crippen LogP contribution >= 0.6 is 0 Å². The molecule has 4 nitrogen and oxygen atoms in total. The number of hydrogen-bond acceptors (Lipinski definition) is 3. The van der Waals surface area contributed by atoms with Crippen molar-refractivity contribution in [2.75, 3.05) is 23.8 Å². The quantitative estimate of drug-likeness (QED) is 0.861. The van der Waals surface area contributed by atoms with E-state index in [0.29, 0.717) is 6.42 Å². The van der Waals surface area contributed by atoms with Gasteiger partial charge in [-0.25, -0.2) is 0 Å². The van der Waals surface area contributed by atoms with E-state index in [1.165, 1.54) is 5.56 Å². The number of fused-ring (bicyclic) bond motifs is 1. The van der Waals surface area contributed by atoms with E-state index in [4.69, 9.17) is 10.5 Å². The summed E-state index contributed by atoms with van der Waals surface area (Å²) in [5.74, 6) is 0.197. The maximum Gasteiger partial charge on any atom is 0.227 e. The van der Waals surface area contributed by atoms with Crippen LogP contribution in [-0.2, 0) is 16.0 Å². The molecule has 0 spiro atoms. The second-order valence-electron chi connectivity index (χ2n) is 5.81. The van der Waals surface area contributed by atoms with E-state index in [-0.39, 0.29) is 12.0 Å². The van der Waals surface area contributed by atoms with Crippen LogP contribution in [0, 0.1) is 6.92 Å². The van der Waals surface area contributed by atoms with Crippen LogP contribution < -0.4 is 10.6 Å². The molecule has 0 bridgehead atoms. The third kappa shape index (κ3) is 2.52. The molecule has 0 saturated carbocycles. The Morgan fingerprint density at radius 2 is 2.35 bits per heavy atom. The van der Waals surface area contributed by atoms with Crippen LogP contribution in [0.15, 0.2) is 12.1 Å². The molecule has 2 aliphatic rings. The van der Waals surface area contributed by atoms with Gasteiger partial charge in [-0.05, 0) is 49.8 Å². The molecule has 20 heavy (non-hydrogen) atoms. The van der Waals surface area contributed by atoms with Crippen molar-refractivity contribution in [2.45, 2.75) is 45.1 Å². The van der Waals surface area contributed by atoms with E-state index in [1.807, 2.05) is 17.9 Å². The number of hydrogen-bond donors (Lipinski definition) is 1. The highest BCUT2D eigenvalue weighted by Gasteiger charge is 2.26. The van der Waals surface area contributed by atoms with Crippen LogP contribution in [0.25, 0.3) is 0 Å². The Bertz CT molecular complexity index is 521. The summed E-state index contributed by atoms with van der Waals surface area (Å²) in [7, 11) is 0. The first kappa shape index (κ1) is 13.4. The maximum absolute atomic E-state index is 12.4. The van der Waals surface area contributed by atoms with Gasteiger partial charge in [-0.2, -0.15) is 0 Å². The molecule has 108 valence electrons. The summed E-state index contributed by atoms with van der Waals surface area (Å²) in [6, 6.07) is 4.06. The lowest BCUT2D eigenvalue weighted by molar-refractivity contribution is -0.119. The van der Waals surface area contributed by atoms with E-state index in [2.05, 4.69) is 6.07 Å². The van der Waals surface area contributed by atoms with Crippen molar-refractivity contribution in [3.63, 3.8) is 0 Å². The molecular formula is C16H22N2O2. The van der Waals surface area contributed by atoms with Crippen LogP contribution in [-0.4, -0.2) is 25.2 Å². The van der Waals surface area contributed by atoms with E-state index in [0.717, 1.165) is 55.8 Å². The molecule has 2 heterocycles. The van der Waals surface area contributed by atoms with Crippen molar-refractivity contribution >= 4 is 17.3 Å². The van der Waals surface area contributed by atoms with Crippen molar-refractivity contribution in [3.8, 4) is 0 Å². The molecule has 1 aromatic rings. The van der Waals surface area contributed by atoms with Crippen LogP contribution in [0.1, 0.15) is 36.8 Å². The van der Waals surface area contributed by atoms with Crippen LogP contribution in [0.2, 0.25) is 0 Å². The molecule has 1 saturated heterocycles. The van der Waals surface area contributed by atoms with Crippen LogP contribution in [0.4, 0.5) is 11.4 Å². The third-order valence-electron chi connectivity index (χ3n) is 4.37. The van der Waals surface area contributed by atoms with Gasteiger partial charge in [0.1, 0.15) is 0 Å². The first-order valence-electron chi connectivity index (χ1n) is 7.46. The van der Waals surface area contributed by atoms with Crippen LogP contribution in [0.3, 0.4) is 0 Å². The molecule has 4 heteroatoms. The normalized spacial score (nSPS) is 21.2. The fourth-order valence-corrected chi connectivity index (χ4v) is 3.13. The Morgan fingerprint density at radius 1 is 1.50 bits per heavy atom. The topological polar surface area (TPSA) is 55.6 Å². The summed E-state index contributed by atoms with van der Waals surface area (Å²) in [5, 5.41) is 0. The lowest BCUT2D eigenvalue weighted by Crippen LogP contribution is -2.29. The van der Waals surface area contributed by atoms with Gasteiger partial charge in [-0.1, -0.05) is 6.07 Å². The van der Waals surface area contributed by atoms with Gasteiger partial charge in [-0.3, -0.25) is 4.79 Å². The zero-order valence-corrected chi connectivity index (χ0v) is 12.0. The Morgan fingerprint density at radius 3 is 3.10 bits per heavy atom. The highest BCUT2D eigenvalue weighted by atomic mass is 16.5. The minimum absolute atomic E-state index is 0.197. The molecule has 1 amide bonds. The van der Waals surface area contributed by atoms with E-state index in [1.54, 1.807) is 0 Å². The van der Waals surface area contributed by atoms with Gasteiger partial charge in [0, 0.05) is 30.9 Å². The number of ether oxygens (including phenoxy) is 1. The molecule has 1 fully saturated rings. The predicted octanol–water partition coefficient (Wildman–Crippen LogP) is 2.43. The highest BCUT2D eigenvalue weighted by molar-refractivity contribution is 5.96. The number of rotatable bonds is 3. The number of aryl methyl sites for hydroxylation is 1. The predicted molar refractivity (Wildman–Crippen MR) is 79.9 cm³/mol. The second-order valence-corrected chi connectivity index (χ2v) is 5.81. The van der Waals surface area contributed by atoms with Gasteiger partial charge < -0.3 is 15.4 Å². The Kier molecular flexibility index (Phi) is 3.66. The maximum atomic E-state index is 12.4. The molecule has 3 rings (SSSR count). The van der Waals surface area contributed by atoms with Crippen molar-refractivity contribution in [1.82, 2.24) is 0 Å². The van der Waals surface area contributed by atoms with E-state index in [9.17, 15) is 4.79 Å². The summed E-state index contributed by atoms with van der Waals surface area (Å²) in [6.07, 6.45) is 4.84.